The average molecular weight is 383 g/mol. The van der Waals surface area contributed by atoms with Crippen LogP contribution in [0.15, 0.2) is 35.5 Å². The number of hydrogen-bond acceptors (Lipinski definition) is 3. The van der Waals surface area contributed by atoms with E-state index in [4.69, 9.17) is 4.74 Å². The van der Waals surface area contributed by atoms with Crippen LogP contribution < -0.4 is 0 Å². The average Bonchev–Trinajstić information content (AvgIpc) is 2.92. The lowest BCUT2D eigenvalue weighted by atomic mass is 9.52. The Morgan fingerprint density at radius 1 is 1.32 bits per heavy atom. The van der Waals surface area contributed by atoms with E-state index in [1.807, 2.05) is 6.08 Å². The Labute approximate surface area is 169 Å². The zero-order chi connectivity index (χ0) is 20.1. The largest absolute Gasteiger partial charge is 0.374 e. The van der Waals surface area contributed by atoms with Gasteiger partial charge in [0.15, 0.2) is 11.6 Å². The zero-order valence-electron chi connectivity index (χ0n) is 17.8. The van der Waals surface area contributed by atoms with Crippen molar-refractivity contribution in [3.05, 3.63) is 35.5 Å². The Morgan fingerprint density at radius 3 is 2.86 bits per heavy atom. The Bertz CT molecular complexity index is 773. The van der Waals surface area contributed by atoms with Gasteiger partial charge in [-0.1, -0.05) is 44.1 Å². The molecule has 0 aromatic rings. The number of hydrogen-bond donors (Lipinski definition) is 0. The molecule has 0 aromatic carbocycles. The fourth-order valence-electron chi connectivity index (χ4n) is 6.98. The fraction of sp³-hybridized carbons (Fsp3) is 0.680. The van der Waals surface area contributed by atoms with Crippen LogP contribution in [-0.4, -0.2) is 24.8 Å². The number of ketones is 2. The van der Waals surface area contributed by atoms with Crippen molar-refractivity contribution in [3.8, 4) is 0 Å². The summed E-state index contributed by atoms with van der Waals surface area (Å²) in [6.07, 6.45) is 13.3. The van der Waals surface area contributed by atoms with Crippen molar-refractivity contribution < 1.29 is 14.3 Å². The van der Waals surface area contributed by atoms with Crippen LogP contribution in [0.2, 0.25) is 0 Å². The monoisotopic (exact) mass is 382 g/mol. The molecule has 2 fully saturated rings. The van der Waals surface area contributed by atoms with Crippen molar-refractivity contribution in [2.24, 2.45) is 34.5 Å². The van der Waals surface area contributed by atoms with Crippen LogP contribution in [0, 0.1) is 34.5 Å². The van der Waals surface area contributed by atoms with Crippen LogP contribution in [0.25, 0.3) is 0 Å². The van der Waals surface area contributed by atoms with Gasteiger partial charge in [-0.3, -0.25) is 9.59 Å². The molecule has 6 unspecified atom stereocenters. The number of carbonyl (C=O) groups excluding carboxylic acids is 2. The quantitative estimate of drug-likeness (QED) is 0.492. The molecule has 3 heteroatoms. The minimum absolute atomic E-state index is 0.0337. The van der Waals surface area contributed by atoms with Crippen LogP contribution in [0.1, 0.15) is 59.8 Å². The maximum absolute atomic E-state index is 13.1. The number of carbonyl (C=O) groups is 2. The lowest BCUT2D eigenvalue weighted by Gasteiger charge is -2.52. The molecule has 152 valence electrons. The minimum atomic E-state index is -0.103. The smallest absolute Gasteiger partial charge is 0.178 e. The minimum Gasteiger partial charge on any atom is -0.374 e. The first kappa shape index (κ1) is 19.8. The number of Topliss-reactive ketones (excluding diaryl/α,β-unsaturated/α-hetero) is 1. The second kappa shape index (κ2) is 7.09. The molecule has 3 nitrogen and oxygen atoms in total. The van der Waals surface area contributed by atoms with Crippen LogP contribution in [0.4, 0.5) is 0 Å². The molecule has 0 bridgehead atoms. The van der Waals surface area contributed by atoms with Crippen molar-refractivity contribution >= 4 is 11.6 Å². The van der Waals surface area contributed by atoms with E-state index in [9.17, 15) is 9.59 Å². The van der Waals surface area contributed by atoms with Crippen molar-refractivity contribution in [2.75, 3.05) is 13.2 Å². The molecular formula is C25H34O3. The third-order valence-electron chi connectivity index (χ3n) is 8.23. The topological polar surface area (TPSA) is 43.4 Å². The molecule has 28 heavy (non-hydrogen) atoms. The van der Waals surface area contributed by atoms with E-state index in [0.29, 0.717) is 30.1 Å². The second-order valence-electron chi connectivity index (χ2n) is 9.94. The summed E-state index contributed by atoms with van der Waals surface area (Å²) in [4.78, 5) is 25.0. The van der Waals surface area contributed by atoms with Crippen LogP contribution in [0.3, 0.4) is 0 Å². The van der Waals surface area contributed by atoms with E-state index in [1.165, 1.54) is 11.1 Å². The number of allylic oxidation sites excluding steroid dienone is 6. The molecule has 4 aliphatic carbocycles. The van der Waals surface area contributed by atoms with E-state index in [-0.39, 0.29) is 29.1 Å². The molecule has 0 aliphatic heterocycles. The Kier molecular flexibility index (Phi) is 5.02. The van der Waals surface area contributed by atoms with Gasteiger partial charge in [-0.2, -0.15) is 0 Å². The maximum Gasteiger partial charge on any atom is 0.178 e. The fourth-order valence-corrected chi connectivity index (χ4v) is 6.98. The van der Waals surface area contributed by atoms with Gasteiger partial charge in [-0.25, -0.2) is 0 Å². The van der Waals surface area contributed by atoms with Gasteiger partial charge in [0.2, 0.25) is 0 Å². The summed E-state index contributed by atoms with van der Waals surface area (Å²) in [5, 5.41) is 0. The van der Waals surface area contributed by atoms with Gasteiger partial charge in [0, 0.05) is 17.9 Å². The van der Waals surface area contributed by atoms with Crippen LogP contribution >= 0.6 is 0 Å². The molecule has 0 radical (unpaired) electrons. The van der Waals surface area contributed by atoms with Gasteiger partial charge in [-0.15, -0.1) is 0 Å². The normalized spacial score (nSPS) is 41.6. The number of rotatable bonds is 5. The highest BCUT2D eigenvalue weighted by molar-refractivity contribution is 6.01. The number of fused-ring (bicyclic) bond motifs is 5. The van der Waals surface area contributed by atoms with Crippen molar-refractivity contribution in [3.63, 3.8) is 0 Å². The molecule has 4 rings (SSSR count). The standard InChI is InChI=1S/C25H34O3/c1-5-12-28-15-22(27)23-16(2)13-21-19-7-6-17-14-18(26)8-10-24(17,3)20(19)9-11-25(21,23)4/h8-10,14,16,19,21,23H,5-7,11-13,15H2,1-4H3. The molecule has 0 spiro atoms. The summed E-state index contributed by atoms with van der Waals surface area (Å²) in [7, 11) is 0. The van der Waals surface area contributed by atoms with E-state index in [1.54, 1.807) is 6.08 Å². The molecule has 4 aliphatic rings. The van der Waals surface area contributed by atoms with Gasteiger partial charge < -0.3 is 4.74 Å². The van der Waals surface area contributed by atoms with E-state index >= 15 is 0 Å². The highest BCUT2D eigenvalue weighted by Gasteiger charge is 2.59. The van der Waals surface area contributed by atoms with Crippen molar-refractivity contribution in [1.82, 2.24) is 0 Å². The second-order valence-corrected chi connectivity index (χ2v) is 9.94. The summed E-state index contributed by atoms with van der Waals surface area (Å²) in [5.41, 5.74) is 2.70. The van der Waals surface area contributed by atoms with E-state index in [0.717, 1.165) is 32.1 Å². The summed E-state index contributed by atoms with van der Waals surface area (Å²) in [6.45, 7) is 9.90. The van der Waals surface area contributed by atoms with Crippen LogP contribution in [0.5, 0.6) is 0 Å². The lowest BCUT2D eigenvalue weighted by molar-refractivity contribution is -0.133. The van der Waals surface area contributed by atoms with Gasteiger partial charge in [0.1, 0.15) is 6.61 Å². The Hall–Kier alpha value is -1.48. The molecule has 0 heterocycles. The maximum atomic E-state index is 13.1. The molecule has 2 saturated carbocycles. The zero-order valence-corrected chi connectivity index (χ0v) is 17.8. The molecule has 0 N–H and O–H groups in total. The first-order valence-electron chi connectivity index (χ1n) is 11.1. The van der Waals surface area contributed by atoms with Gasteiger partial charge in [0.25, 0.3) is 0 Å². The Balaban J connectivity index is 1.63. The third-order valence-corrected chi connectivity index (χ3v) is 8.23. The van der Waals surface area contributed by atoms with E-state index < -0.39 is 0 Å². The highest BCUT2D eigenvalue weighted by Crippen LogP contribution is 2.65. The molecule has 0 amide bonds. The summed E-state index contributed by atoms with van der Waals surface area (Å²) < 4.78 is 5.62. The SMILES string of the molecule is CCCOCC(=O)C1C(C)CC2C3CCC4=CC(=O)C=CC4(C)C3=CCC21C. The van der Waals surface area contributed by atoms with Crippen molar-refractivity contribution in [1.29, 1.82) is 0 Å². The van der Waals surface area contributed by atoms with Crippen molar-refractivity contribution in [2.45, 2.75) is 59.8 Å². The predicted molar refractivity (Wildman–Crippen MR) is 111 cm³/mol. The highest BCUT2D eigenvalue weighted by atomic mass is 16.5. The molecule has 0 aromatic heterocycles. The van der Waals surface area contributed by atoms with Gasteiger partial charge in [0.05, 0.1) is 0 Å². The summed E-state index contributed by atoms with van der Waals surface area (Å²) in [6, 6.07) is 0. The molecular weight excluding hydrogens is 348 g/mol. The third kappa shape index (κ3) is 2.89. The summed E-state index contributed by atoms with van der Waals surface area (Å²) in [5.74, 6) is 2.00. The summed E-state index contributed by atoms with van der Waals surface area (Å²) >= 11 is 0. The number of ether oxygens (including phenoxy) is 1. The lowest BCUT2D eigenvalue weighted by Crippen LogP contribution is -2.45. The van der Waals surface area contributed by atoms with Gasteiger partial charge in [-0.05, 0) is 74.3 Å². The predicted octanol–water partition coefficient (Wildman–Crippen LogP) is 5.07. The van der Waals surface area contributed by atoms with Crippen LogP contribution in [-0.2, 0) is 14.3 Å². The first-order valence-corrected chi connectivity index (χ1v) is 11.1. The molecule has 0 saturated heterocycles. The van der Waals surface area contributed by atoms with Gasteiger partial charge >= 0.3 is 0 Å². The Morgan fingerprint density at radius 2 is 2.11 bits per heavy atom. The van der Waals surface area contributed by atoms with E-state index in [2.05, 4.69) is 39.8 Å². The first-order chi connectivity index (χ1) is 13.3. The molecule has 6 atom stereocenters.